The summed E-state index contributed by atoms with van der Waals surface area (Å²) < 4.78 is 28.1. The first kappa shape index (κ1) is 20.5. The highest BCUT2D eigenvalue weighted by Crippen LogP contribution is 2.30. The Kier molecular flexibility index (Phi) is 6.73. The number of hydrogen-bond acceptors (Lipinski definition) is 4. The second-order valence-electron chi connectivity index (χ2n) is 6.54. The van der Waals surface area contributed by atoms with Gasteiger partial charge in [0.15, 0.2) is 0 Å². The second kappa shape index (κ2) is 8.86. The summed E-state index contributed by atoms with van der Waals surface area (Å²) in [6.07, 6.45) is 1.72. The predicted octanol–water partition coefficient (Wildman–Crippen LogP) is 3.93. The molecule has 27 heavy (non-hydrogen) atoms. The molecule has 0 N–H and O–H groups in total. The van der Waals surface area contributed by atoms with Crippen LogP contribution < -0.4 is 0 Å². The molecule has 1 aliphatic heterocycles. The van der Waals surface area contributed by atoms with Gasteiger partial charge in [0.2, 0.25) is 5.91 Å². The molecule has 146 valence electrons. The molecule has 2 heterocycles. The number of hydrogen-bond donors (Lipinski definition) is 0. The zero-order valence-electron chi connectivity index (χ0n) is 15.2. The first-order valence-corrected chi connectivity index (χ1v) is 12.1. The number of amides is 1. The summed E-state index contributed by atoms with van der Waals surface area (Å²) in [5, 5.41) is 0. The summed E-state index contributed by atoms with van der Waals surface area (Å²) in [5.41, 5.74) is 1.03. The van der Waals surface area contributed by atoms with Crippen LogP contribution in [0.4, 0.5) is 0 Å². The summed E-state index contributed by atoms with van der Waals surface area (Å²) in [5.74, 6) is -0.0634. The normalized spacial score (nSPS) is 17.0. The van der Waals surface area contributed by atoms with E-state index in [9.17, 15) is 13.2 Å². The Morgan fingerprint density at radius 3 is 2.33 bits per heavy atom. The van der Waals surface area contributed by atoms with Crippen LogP contribution in [0.2, 0.25) is 0 Å². The van der Waals surface area contributed by atoms with Gasteiger partial charge in [0.25, 0.3) is 10.0 Å². The van der Waals surface area contributed by atoms with Gasteiger partial charge in [-0.1, -0.05) is 43.7 Å². The predicted molar refractivity (Wildman–Crippen MR) is 111 cm³/mol. The summed E-state index contributed by atoms with van der Waals surface area (Å²) in [6.45, 7) is 3.59. The van der Waals surface area contributed by atoms with Gasteiger partial charge in [0, 0.05) is 26.2 Å². The molecule has 3 rings (SSSR count). The lowest BCUT2D eigenvalue weighted by Crippen LogP contribution is -2.51. The molecule has 1 amide bonds. The molecule has 1 unspecified atom stereocenters. The van der Waals surface area contributed by atoms with E-state index in [4.69, 9.17) is 0 Å². The maximum Gasteiger partial charge on any atom is 0.252 e. The third-order valence-corrected chi connectivity index (χ3v) is 8.76. The molecule has 1 saturated heterocycles. The quantitative estimate of drug-likeness (QED) is 0.642. The molecule has 0 saturated carbocycles. The molecule has 1 aliphatic rings. The SMILES string of the molecule is CCCC(C(=O)N1CCN(S(=O)(=O)c2ccc(Br)s2)CC1)c1ccccc1. The van der Waals surface area contributed by atoms with E-state index in [2.05, 4.69) is 22.9 Å². The highest BCUT2D eigenvalue weighted by Gasteiger charge is 2.33. The average molecular weight is 471 g/mol. The van der Waals surface area contributed by atoms with Crippen LogP contribution in [0.1, 0.15) is 31.2 Å². The molecule has 1 atom stereocenters. The number of piperazine rings is 1. The van der Waals surface area contributed by atoms with E-state index >= 15 is 0 Å². The Morgan fingerprint density at radius 1 is 1.11 bits per heavy atom. The van der Waals surface area contributed by atoms with Gasteiger partial charge in [-0.3, -0.25) is 4.79 Å². The molecule has 2 aromatic rings. The standard InChI is InChI=1S/C19H23BrN2O3S2/c1-2-6-16(15-7-4-3-5-8-15)19(23)21-11-13-22(14-12-21)27(24,25)18-10-9-17(20)26-18/h3-5,7-10,16H,2,6,11-14H2,1H3. The number of carbonyl (C=O) groups is 1. The average Bonchev–Trinajstić information content (AvgIpc) is 3.13. The monoisotopic (exact) mass is 470 g/mol. The van der Waals surface area contributed by atoms with Crippen LogP contribution in [0.25, 0.3) is 0 Å². The van der Waals surface area contributed by atoms with Crippen LogP contribution in [-0.2, 0) is 14.8 Å². The van der Waals surface area contributed by atoms with Gasteiger partial charge in [-0.2, -0.15) is 4.31 Å². The zero-order chi connectivity index (χ0) is 19.4. The fourth-order valence-corrected chi connectivity index (χ4v) is 6.93. The van der Waals surface area contributed by atoms with Gasteiger partial charge in [0.05, 0.1) is 9.70 Å². The van der Waals surface area contributed by atoms with E-state index < -0.39 is 10.0 Å². The minimum Gasteiger partial charge on any atom is -0.340 e. The molecule has 0 spiro atoms. The van der Waals surface area contributed by atoms with Gasteiger partial charge in [-0.15, -0.1) is 11.3 Å². The number of carbonyl (C=O) groups excluding carboxylic acids is 1. The van der Waals surface area contributed by atoms with Gasteiger partial charge in [-0.05, 0) is 40.0 Å². The first-order chi connectivity index (χ1) is 12.9. The second-order valence-corrected chi connectivity index (χ2v) is 11.2. The van der Waals surface area contributed by atoms with Crippen molar-refractivity contribution in [3.63, 3.8) is 0 Å². The third-order valence-electron chi connectivity index (χ3n) is 4.77. The Hall–Kier alpha value is -1.22. The number of thiophene rings is 1. The van der Waals surface area contributed by atoms with E-state index in [0.29, 0.717) is 30.4 Å². The molecule has 5 nitrogen and oxygen atoms in total. The summed E-state index contributed by atoms with van der Waals surface area (Å²) >= 11 is 4.52. The van der Waals surface area contributed by atoms with Crippen molar-refractivity contribution in [1.82, 2.24) is 9.21 Å². The fraction of sp³-hybridized carbons (Fsp3) is 0.421. The maximum absolute atomic E-state index is 13.1. The third kappa shape index (κ3) is 4.62. The van der Waals surface area contributed by atoms with E-state index in [1.807, 2.05) is 35.2 Å². The Labute approximate surface area is 173 Å². The molecule has 8 heteroatoms. The van der Waals surface area contributed by atoms with Gasteiger partial charge in [0.1, 0.15) is 4.21 Å². The molecule has 0 aliphatic carbocycles. The summed E-state index contributed by atoms with van der Waals surface area (Å²) in [4.78, 5) is 14.9. The molecular formula is C19H23BrN2O3S2. The van der Waals surface area contributed by atoms with Crippen molar-refractivity contribution in [2.75, 3.05) is 26.2 Å². The highest BCUT2D eigenvalue weighted by atomic mass is 79.9. The van der Waals surface area contributed by atoms with Crippen LogP contribution in [0, 0.1) is 0 Å². The Morgan fingerprint density at radius 2 is 1.78 bits per heavy atom. The smallest absolute Gasteiger partial charge is 0.252 e. The van der Waals surface area contributed by atoms with Crippen molar-refractivity contribution < 1.29 is 13.2 Å². The summed E-state index contributed by atoms with van der Waals surface area (Å²) in [6, 6.07) is 13.2. The lowest BCUT2D eigenvalue weighted by atomic mass is 9.93. The van der Waals surface area contributed by atoms with Gasteiger partial charge >= 0.3 is 0 Å². The molecule has 1 aromatic heterocycles. The largest absolute Gasteiger partial charge is 0.340 e. The van der Waals surface area contributed by atoms with Crippen LogP contribution in [0.5, 0.6) is 0 Å². The highest BCUT2D eigenvalue weighted by molar-refractivity contribution is 9.11. The Bertz CT molecular complexity index is 875. The Balaban J connectivity index is 1.68. The number of rotatable bonds is 6. The van der Waals surface area contributed by atoms with Crippen molar-refractivity contribution in [3.05, 3.63) is 51.8 Å². The minimum atomic E-state index is -3.49. The van der Waals surface area contributed by atoms with E-state index in [1.54, 1.807) is 12.1 Å². The lowest BCUT2D eigenvalue weighted by molar-refractivity contribution is -0.134. The number of sulfonamides is 1. The zero-order valence-corrected chi connectivity index (χ0v) is 18.4. The molecule has 1 aromatic carbocycles. The van der Waals surface area contributed by atoms with Crippen molar-refractivity contribution in [2.24, 2.45) is 0 Å². The van der Waals surface area contributed by atoms with E-state index in [1.165, 1.54) is 15.6 Å². The molecular weight excluding hydrogens is 448 g/mol. The van der Waals surface area contributed by atoms with Crippen LogP contribution in [0.3, 0.4) is 0 Å². The van der Waals surface area contributed by atoms with Gasteiger partial charge < -0.3 is 4.90 Å². The van der Waals surface area contributed by atoms with Crippen LogP contribution in [-0.4, -0.2) is 49.7 Å². The topological polar surface area (TPSA) is 57.7 Å². The minimum absolute atomic E-state index is 0.0963. The summed E-state index contributed by atoms with van der Waals surface area (Å²) in [7, 11) is -3.49. The van der Waals surface area contributed by atoms with E-state index in [0.717, 1.165) is 22.2 Å². The van der Waals surface area contributed by atoms with Gasteiger partial charge in [-0.25, -0.2) is 8.42 Å². The number of nitrogens with zero attached hydrogens (tertiary/aromatic N) is 2. The van der Waals surface area contributed by atoms with E-state index in [-0.39, 0.29) is 11.8 Å². The van der Waals surface area contributed by atoms with Crippen molar-refractivity contribution in [3.8, 4) is 0 Å². The maximum atomic E-state index is 13.1. The van der Waals surface area contributed by atoms with Crippen LogP contribution >= 0.6 is 27.3 Å². The molecule has 0 bridgehead atoms. The number of benzene rings is 1. The van der Waals surface area contributed by atoms with Crippen molar-refractivity contribution in [2.45, 2.75) is 29.9 Å². The first-order valence-electron chi connectivity index (χ1n) is 9.02. The lowest BCUT2D eigenvalue weighted by Gasteiger charge is -2.35. The van der Waals surface area contributed by atoms with Crippen molar-refractivity contribution in [1.29, 1.82) is 0 Å². The fourth-order valence-electron chi connectivity index (χ4n) is 3.34. The number of halogens is 1. The molecule has 1 fully saturated rings. The van der Waals surface area contributed by atoms with Crippen molar-refractivity contribution >= 4 is 43.2 Å². The van der Waals surface area contributed by atoms with Crippen LogP contribution in [0.15, 0.2) is 50.5 Å². The molecule has 0 radical (unpaired) electrons.